The summed E-state index contributed by atoms with van der Waals surface area (Å²) in [4.78, 5) is 16.9. The number of nitrogens with zero attached hydrogens (tertiary/aromatic N) is 1. The largest absolute Gasteiger partial charge is 0.504 e. The van der Waals surface area contributed by atoms with Crippen molar-refractivity contribution in [3.63, 3.8) is 0 Å². The van der Waals surface area contributed by atoms with Crippen LogP contribution in [-0.2, 0) is 6.54 Å². The van der Waals surface area contributed by atoms with Crippen molar-refractivity contribution in [3.8, 4) is 21.9 Å². The van der Waals surface area contributed by atoms with E-state index in [1.807, 2.05) is 42.5 Å². The standard InChI is InChI=1S/C21H19NO3S/c1-14-7-8-19(26-14)16-11-17-13-22(9-10-25-20(17)18(23)12-16)21(24)15-5-3-2-4-6-15/h2-8,11-12,23H,9-10,13H2,1H3. The minimum atomic E-state index is -0.0288. The fourth-order valence-corrected chi connectivity index (χ4v) is 4.02. The smallest absolute Gasteiger partial charge is 0.254 e. The summed E-state index contributed by atoms with van der Waals surface area (Å²) in [6.07, 6.45) is 0. The van der Waals surface area contributed by atoms with Crippen LogP contribution in [0.2, 0.25) is 0 Å². The second-order valence-electron chi connectivity index (χ2n) is 6.34. The van der Waals surface area contributed by atoms with E-state index in [1.54, 1.807) is 22.3 Å². The molecule has 5 heteroatoms. The highest BCUT2D eigenvalue weighted by Crippen LogP contribution is 2.39. The van der Waals surface area contributed by atoms with Gasteiger partial charge in [0, 0.05) is 27.4 Å². The maximum Gasteiger partial charge on any atom is 0.254 e. The van der Waals surface area contributed by atoms with Gasteiger partial charge in [0.15, 0.2) is 11.5 Å². The molecule has 132 valence electrons. The zero-order valence-corrected chi connectivity index (χ0v) is 15.3. The Morgan fingerprint density at radius 1 is 1.15 bits per heavy atom. The summed E-state index contributed by atoms with van der Waals surface area (Å²) in [6.45, 7) is 3.31. The average Bonchev–Trinajstić information content (AvgIpc) is 2.97. The number of carbonyl (C=O) groups is 1. The van der Waals surface area contributed by atoms with Crippen molar-refractivity contribution in [1.82, 2.24) is 4.90 Å². The summed E-state index contributed by atoms with van der Waals surface area (Å²) in [6, 6.07) is 17.1. The van der Waals surface area contributed by atoms with Crippen LogP contribution in [0.25, 0.3) is 10.4 Å². The van der Waals surface area contributed by atoms with Gasteiger partial charge in [-0.15, -0.1) is 11.3 Å². The number of phenols is 1. The Bertz CT molecular complexity index is 949. The molecular weight excluding hydrogens is 346 g/mol. The Labute approximate surface area is 156 Å². The van der Waals surface area contributed by atoms with Gasteiger partial charge in [-0.1, -0.05) is 18.2 Å². The van der Waals surface area contributed by atoms with Crippen molar-refractivity contribution in [1.29, 1.82) is 0 Å². The van der Waals surface area contributed by atoms with Gasteiger partial charge in [0.05, 0.1) is 6.54 Å². The molecule has 0 saturated heterocycles. The number of rotatable bonds is 2. The summed E-state index contributed by atoms with van der Waals surface area (Å²) in [7, 11) is 0. The van der Waals surface area contributed by atoms with Crippen molar-refractivity contribution < 1.29 is 14.6 Å². The lowest BCUT2D eigenvalue weighted by Crippen LogP contribution is -2.32. The van der Waals surface area contributed by atoms with Crippen molar-refractivity contribution in [2.24, 2.45) is 0 Å². The van der Waals surface area contributed by atoms with Gasteiger partial charge in [-0.2, -0.15) is 0 Å². The first-order chi connectivity index (χ1) is 12.6. The molecule has 26 heavy (non-hydrogen) atoms. The van der Waals surface area contributed by atoms with Crippen LogP contribution in [0, 0.1) is 6.92 Å². The number of amides is 1. The second kappa shape index (κ2) is 6.84. The molecule has 1 amide bonds. The summed E-state index contributed by atoms with van der Waals surface area (Å²) in [5, 5.41) is 10.4. The molecule has 0 atom stereocenters. The van der Waals surface area contributed by atoms with E-state index < -0.39 is 0 Å². The highest BCUT2D eigenvalue weighted by atomic mass is 32.1. The van der Waals surface area contributed by atoms with Gasteiger partial charge in [-0.3, -0.25) is 4.79 Å². The third-order valence-electron chi connectivity index (χ3n) is 4.45. The topological polar surface area (TPSA) is 49.8 Å². The monoisotopic (exact) mass is 365 g/mol. The van der Waals surface area contributed by atoms with Crippen LogP contribution in [0.1, 0.15) is 20.8 Å². The molecule has 1 aromatic heterocycles. The van der Waals surface area contributed by atoms with Crippen molar-refractivity contribution in [2.75, 3.05) is 13.2 Å². The van der Waals surface area contributed by atoms with Crippen LogP contribution in [-0.4, -0.2) is 29.1 Å². The first-order valence-electron chi connectivity index (χ1n) is 8.51. The normalized spacial score (nSPS) is 13.7. The Morgan fingerprint density at radius 2 is 1.96 bits per heavy atom. The van der Waals surface area contributed by atoms with Crippen molar-refractivity contribution in [2.45, 2.75) is 13.5 Å². The minimum Gasteiger partial charge on any atom is -0.504 e. The van der Waals surface area contributed by atoms with E-state index in [-0.39, 0.29) is 11.7 Å². The van der Waals surface area contributed by atoms with Crippen LogP contribution < -0.4 is 4.74 Å². The van der Waals surface area contributed by atoms with Gasteiger partial charge < -0.3 is 14.7 Å². The van der Waals surface area contributed by atoms with Crippen LogP contribution in [0.3, 0.4) is 0 Å². The maximum absolute atomic E-state index is 12.8. The van der Waals surface area contributed by atoms with E-state index in [0.717, 1.165) is 16.0 Å². The van der Waals surface area contributed by atoms with Crippen LogP contribution in [0.4, 0.5) is 0 Å². The van der Waals surface area contributed by atoms with Gasteiger partial charge in [0.25, 0.3) is 5.91 Å². The van der Waals surface area contributed by atoms with Crippen LogP contribution >= 0.6 is 11.3 Å². The molecule has 0 unspecified atom stereocenters. The zero-order chi connectivity index (χ0) is 18.1. The zero-order valence-electron chi connectivity index (χ0n) is 14.4. The molecule has 1 N–H and O–H groups in total. The summed E-state index contributed by atoms with van der Waals surface area (Å²) in [5.41, 5.74) is 2.43. The van der Waals surface area contributed by atoms with E-state index in [2.05, 4.69) is 13.0 Å². The highest BCUT2D eigenvalue weighted by Gasteiger charge is 2.23. The summed E-state index contributed by atoms with van der Waals surface area (Å²) < 4.78 is 5.75. The number of carbonyl (C=O) groups excluding carboxylic acids is 1. The lowest BCUT2D eigenvalue weighted by atomic mass is 10.1. The summed E-state index contributed by atoms with van der Waals surface area (Å²) in [5.74, 6) is 0.571. The Balaban J connectivity index is 1.69. The number of hydrogen-bond acceptors (Lipinski definition) is 4. The van der Waals surface area contributed by atoms with Crippen LogP contribution in [0.15, 0.2) is 54.6 Å². The highest BCUT2D eigenvalue weighted by molar-refractivity contribution is 7.15. The van der Waals surface area contributed by atoms with Gasteiger partial charge in [0.1, 0.15) is 6.61 Å². The molecule has 0 saturated carbocycles. The lowest BCUT2D eigenvalue weighted by Gasteiger charge is -2.20. The van der Waals surface area contributed by atoms with Crippen LogP contribution in [0.5, 0.6) is 11.5 Å². The van der Waals surface area contributed by atoms with Gasteiger partial charge >= 0.3 is 0 Å². The summed E-state index contributed by atoms with van der Waals surface area (Å²) >= 11 is 1.68. The number of benzene rings is 2. The van der Waals surface area contributed by atoms with E-state index in [0.29, 0.717) is 31.0 Å². The van der Waals surface area contributed by atoms with E-state index in [4.69, 9.17) is 4.74 Å². The molecule has 0 spiro atoms. The predicted molar refractivity (Wildman–Crippen MR) is 103 cm³/mol. The van der Waals surface area contributed by atoms with Crippen molar-refractivity contribution >= 4 is 17.2 Å². The lowest BCUT2D eigenvalue weighted by molar-refractivity contribution is 0.0733. The fourth-order valence-electron chi connectivity index (χ4n) is 3.17. The molecule has 1 aliphatic rings. The van der Waals surface area contributed by atoms with Crippen molar-refractivity contribution in [3.05, 3.63) is 70.6 Å². The Morgan fingerprint density at radius 3 is 2.69 bits per heavy atom. The first kappa shape index (κ1) is 16.7. The number of aryl methyl sites for hydroxylation is 1. The molecule has 4 rings (SSSR count). The number of ether oxygens (including phenoxy) is 1. The number of aromatic hydroxyl groups is 1. The molecule has 4 nitrogen and oxygen atoms in total. The number of thiophene rings is 1. The predicted octanol–water partition coefficient (Wildman–Crippen LogP) is 4.46. The molecule has 0 aliphatic carbocycles. The number of phenolic OH excluding ortho intramolecular Hbond substituents is 1. The Kier molecular flexibility index (Phi) is 4.39. The first-order valence-corrected chi connectivity index (χ1v) is 9.33. The molecule has 0 radical (unpaired) electrons. The van der Waals surface area contributed by atoms with Gasteiger partial charge in [-0.05, 0) is 48.9 Å². The van der Waals surface area contributed by atoms with Gasteiger partial charge in [-0.25, -0.2) is 0 Å². The Hall–Kier alpha value is -2.79. The molecule has 0 fully saturated rings. The molecule has 3 aromatic rings. The molecule has 2 aromatic carbocycles. The fraction of sp³-hybridized carbons (Fsp3) is 0.190. The molecular formula is C21H19NO3S. The maximum atomic E-state index is 12.8. The minimum absolute atomic E-state index is 0.0288. The third kappa shape index (κ3) is 3.18. The number of hydrogen-bond donors (Lipinski definition) is 1. The van der Waals surface area contributed by atoms with E-state index >= 15 is 0 Å². The molecule has 1 aliphatic heterocycles. The molecule has 0 bridgehead atoms. The van der Waals surface area contributed by atoms with E-state index in [9.17, 15) is 9.90 Å². The average molecular weight is 365 g/mol. The molecule has 2 heterocycles. The van der Waals surface area contributed by atoms with Gasteiger partial charge in [0.2, 0.25) is 0 Å². The number of fused-ring (bicyclic) bond motifs is 1. The quantitative estimate of drug-likeness (QED) is 0.729. The third-order valence-corrected chi connectivity index (χ3v) is 5.50. The SMILES string of the molecule is Cc1ccc(-c2cc(O)c3c(c2)CN(C(=O)c2ccccc2)CCO3)s1. The second-order valence-corrected chi connectivity index (χ2v) is 7.62. The van der Waals surface area contributed by atoms with E-state index in [1.165, 1.54) is 4.88 Å².